The first kappa shape index (κ1) is 15.5. The minimum absolute atomic E-state index is 0.0315. The Bertz CT molecular complexity index is 620. The number of hydrogen-bond donors (Lipinski definition) is 1. The van der Waals surface area contributed by atoms with Crippen LogP contribution in [0.15, 0.2) is 10.3 Å². The van der Waals surface area contributed by atoms with Gasteiger partial charge in [-0.3, -0.25) is 0 Å². The molecule has 0 spiro atoms. The molecule has 2 atom stereocenters. The van der Waals surface area contributed by atoms with Crippen LogP contribution in [-0.2, 0) is 10.0 Å². The molecule has 1 aliphatic rings. The van der Waals surface area contributed by atoms with Crippen molar-refractivity contribution in [3.05, 3.63) is 15.8 Å². The molecule has 1 saturated heterocycles. The molecule has 2 unspecified atom stereocenters. The Hall–Kier alpha value is -0.920. The lowest BCUT2D eigenvalue weighted by molar-refractivity contribution is 0.0697. The van der Waals surface area contributed by atoms with Crippen LogP contribution in [0.25, 0.3) is 0 Å². The van der Waals surface area contributed by atoms with E-state index in [0.29, 0.717) is 12.1 Å². The molecule has 1 aliphatic heterocycles. The summed E-state index contributed by atoms with van der Waals surface area (Å²) in [5.74, 6) is -0.898. The quantitative estimate of drug-likeness (QED) is 0.929. The van der Waals surface area contributed by atoms with Gasteiger partial charge in [-0.05, 0) is 43.6 Å². The number of nitrogens with zero attached hydrogens (tertiary/aromatic N) is 1. The van der Waals surface area contributed by atoms with Crippen molar-refractivity contribution < 1.29 is 18.3 Å². The summed E-state index contributed by atoms with van der Waals surface area (Å²) in [4.78, 5) is 11.1. The molecule has 0 amide bonds. The van der Waals surface area contributed by atoms with Crippen LogP contribution >= 0.6 is 11.3 Å². The minimum atomic E-state index is -3.74. The summed E-state index contributed by atoms with van der Waals surface area (Å²) in [6, 6.07) is -0.102. The van der Waals surface area contributed by atoms with E-state index >= 15 is 0 Å². The van der Waals surface area contributed by atoms with Gasteiger partial charge < -0.3 is 5.11 Å². The first-order valence-electron chi connectivity index (χ1n) is 6.60. The molecule has 1 aromatic rings. The van der Waals surface area contributed by atoms with Crippen molar-refractivity contribution in [2.75, 3.05) is 6.54 Å². The van der Waals surface area contributed by atoms with Crippen LogP contribution in [-0.4, -0.2) is 36.4 Å². The van der Waals surface area contributed by atoms with Gasteiger partial charge in [-0.25, -0.2) is 13.2 Å². The van der Waals surface area contributed by atoms with Crippen LogP contribution in [0, 0.1) is 12.8 Å². The Morgan fingerprint density at radius 2 is 2.10 bits per heavy atom. The fraction of sp³-hybridized carbons (Fsp3) is 0.615. The Morgan fingerprint density at radius 1 is 1.45 bits per heavy atom. The molecule has 7 heteroatoms. The summed E-state index contributed by atoms with van der Waals surface area (Å²) in [6.45, 7) is 6.03. The molecule has 1 aromatic heterocycles. The number of carbonyl (C=O) groups is 1. The molecular formula is C13H19NO4S2. The summed E-state index contributed by atoms with van der Waals surface area (Å²) in [6.07, 6.45) is 1.82. The molecule has 1 N–H and O–H groups in total. The molecule has 1 fully saturated rings. The molecule has 0 radical (unpaired) electrons. The van der Waals surface area contributed by atoms with E-state index < -0.39 is 16.0 Å². The van der Waals surface area contributed by atoms with Gasteiger partial charge in [0, 0.05) is 12.6 Å². The van der Waals surface area contributed by atoms with Gasteiger partial charge in [0.05, 0.1) is 0 Å². The van der Waals surface area contributed by atoms with Gasteiger partial charge in [0.15, 0.2) is 0 Å². The maximum atomic E-state index is 12.8. The SMILES string of the molecule is Cc1csc(C(=O)O)c1S(=O)(=O)N1CCCC(C)C1C. The van der Waals surface area contributed by atoms with Gasteiger partial charge in [0.25, 0.3) is 0 Å². The molecule has 0 saturated carbocycles. The van der Waals surface area contributed by atoms with Gasteiger partial charge in [-0.1, -0.05) is 6.92 Å². The van der Waals surface area contributed by atoms with Gasteiger partial charge in [0.2, 0.25) is 10.0 Å². The third kappa shape index (κ3) is 2.49. The lowest BCUT2D eigenvalue weighted by Crippen LogP contribution is -2.46. The van der Waals surface area contributed by atoms with E-state index in [2.05, 4.69) is 0 Å². The zero-order valence-electron chi connectivity index (χ0n) is 11.8. The van der Waals surface area contributed by atoms with Gasteiger partial charge in [-0.2, -0.15) is 4.31 Å². The molecule has 0 aliphatic carbocycles. The van der Waals surface area contributed by atoms with Crippen molar-refractivity contribution >= 4 is 27.3 Å². The number of aromatic carboxylic acids is 1. The number of rotatable bonds is 3. The summed E-state index contributed by atoms with van der Waals surface area (Å²) in [5.41, 5.74) is 0.512. The smallest absolute Gasteiger partial charge is 0.347 e. The Balaban J connectivity index is 2.50. The normalized spacial score (nSPS) is 24.8. The van der Waals surface area contributed by atoms with E-state index in [1.165, 1.54) is 4.31 Å². The molecule has 5 nitrogen and oxygen atoms in total. The zero-order valence-corrected chi connectivity index (χ0v) is 13.4. The summed E-state index contributed by atoms with van der Waals surface area (Å²) >= 11 is 0.972. The third-order valence-electron chi connectivity index (χ3n) is 3.99. The number of aryl methyl sites for hydroxylation is 1. The van der Waals surface area contributed by atoms with E-state index in [1.807, 2.05) is 13.8 Å². The second-order valence-electron chi connectivity index (χ2n) is 5.36. The van der Waals surface area contributed by atoms with Crippen LogP contribution in [0.4, 0.5) is 0 Å². The highest BCUT2D eigenvalue weighted by molar-refractivity contribution is 7.89. The second kappa shape index (κ2) is 5.46. The number of hydrogen-bond acceptors (Lipinski definition) is 4. The van der Waals surface area contributed by atoms with Crippen molar-refractivity contribution in [1.29, 1.82) is 0 Å². The predicted molar refractivity (Wildman–Crippen MR) is 77.8 cm³/mol. The van der Waals surface area contributed by atoms with E-state index in [4.69, 9.17) is 0 Å². The van der Waals surface area contributed by atoms with E-state index in [-0.39, 0.29) is 21.7 Å². The average Bonchev–Trinajstić information content (AvgIpc) is 2.75. The maximum Gasteiger partial charge on any atom is 0.347 e. The highest BCUT2D eigenvalue weighted by Crippen LogP contribution is 2.34. The largest absolute Gasteiger partial charge is 0.477 e. The van der Waals surface area contributed by atoms with Crippen LogP contribution in [0.3, 0.4) is 0 Å². The Kier molecular flexibility index (Phi) is 4.22. The van der Waals surface area contributed by atoms with Crippen LogP contribution in [0.5, 0.6) is 0 Å². The molecule has 0 bridgehead atoms. The zero-order chi connectivity index (χ0) is 15.1. The second-order valence-corrected chi connectivity index (χ2v) is 8.07. The number of sulfonamides is 1. The molecule has 20 heavy (non-hydrogen) atoms. The maximum absolute atomic E-state index is 12.8. The fourth-order valence-corrected chi connectivity index (χ4v) is 6.01. The highest BCUT2D eigenvalue weighted by Gasteiger charge is 2.38. The molecule has 0 aromatic carbocycles. The summed E-state index contributed by atoms with van der Waals surface area (Å²) in [7, 11) is -3.74. The summed E-state index contributed by atoms with van der Waals surface area (Å²) in [5, 5.41) is 10.8. The van der Waals surface area contributed by atoms with E-state index in [0.717, 1.165) is 24.2 Å². The van der Waals surface area contributed by atoms with E-state index in [9.17, 15) is 18.3 Å². The lowest BCUT2D eigenvalue weighted by Gasteiger charge is -2.36. The van der Waals surface area contributed by atoms with Crippen molar-refractivity contribution in [1.82, 2.24) is 4.31 Å². The van der Waals surface area contributed by atoms with Crippen LogP contribution < -0.4 is 0 Å². The lowest BCUT2D eigenvalue weighted by atomic mass is 9.94. The minimum Gasteiger partial charge on any atom is -0.477 e. The number of piperidine rings is 1. The average molecular weight is 317 g/mol. The number of carboxylic acid groups (broad SMARTS) is 1. The fourth-order valence-electron chi connectivity index (χ4n) is 2.66. The van der Waals surface area contributed by atoms with Crippen LogP contribution in [0.1, 0.15) is 41.9 Å². The highest BCUT2D eigenvalue weighted by atomic mass is 32.2. The Morgan fingerprint density at radius 3 is 2.70 bits per heavy atom. The number of carboxylic acids is 1. The van der Waals surface area contributed by atoms with Crippen molar-refractivity contribution in [3.8, 4) is 0 Å². The van der Waals surface area contributed by atoms with Crippen molar-refractivity contribution in [3.63, 3.8) is 0 Å². The van der Waals surface area contributed by atoms with Gasteiger partial charge in [0.1, 0.15) is 9.77 Å². The first-order chi connectivity index (χ1) is 9.26. The van der Waals surface area contributed by atoms with Crippen LogP contribution in [0.2, 0.25) is 0 Å². The monoisotopic (exact) mass is 317 g/mol. The molecule has 2 rings (SSSR count). The number of thiophene rings is 1. The topological polar surface area (TPSA) is 74.7 Å². The Labute approximate surface area is 123 Å². The van der Waals surface area contributed by atoms with Gasteiger partial charge in [-0.15, -0.1) is 11.3 Å². The predicted octanol–water partition coefficient (Wildman–Crippen LogP) is 2.56. The molecule has 112 valence electrons. The first-order valence-corrected chi connectivity index (χ1v) is 8.92. The third-order valence-corrected chi connectivity index (χ3v) is 7.38. The van der Waals surface area contributed by atoms with Crippen molar-refractivity contribution in [2.24, 2.45) is 5.92 Å². The molecular weight excluding hydrogens is 298 g/mol. The van der Waals surface area contributed by atoms with Crippen molar-refractivity contribution in [2.45, 2.75) is 44.6 Å². The summed E-state index contributed by atoms with van der Waals surface area (Å²) < 4.78 is 27.1. The van der Waals surface area contributed by atoms with Gasteiger partial charge >= 0.3 is 5.97 Å². The van der Waals surface area contributed by atoms with E-state index in [1.54, 1.807) is 12.3 Å². The standard InChI is InChI=1S/C13H19NO4S2/c1-8-5-4-6-14(10(8)3)20(17,18)12-9(2)7-19-11(12)13(15)16/h7-8,10H,4-6H2,1-3H3,(H,15,16). The molecule has 2 heterocycles.